The van der Waals surface area contributed by atoms with Crippen LogP contribution < -0.4 is 5.32 Å². The molecular weight excluding hydrogens is 420 g/mol. The van der Waals surface area contributed by atoms with Gasteiger partial charge in [0, 0.05) is 23.7 Å². The van der Waals surface area contributed by atoms with Gasteiger partial charge in [-0.1, -0.05) is 6.07 Å². The van der Waals surface area contributed by atoms with Gasteiger partial charge in [-0.3, -0.25) is 4.79 Å². The van der Waals surface area contributed by atoms with Crippen molar-refractivity contribution < 1.29 is 22.7 Å². The highest BCUT2D eigenvalue weighted by Crippen LogP contribution is 2.28. The van der Waals surface area contributed by atoms with Crippen LogP contribution in [0.25, 0.3) is 0 Å². The second-order valence-corrected chi connectivity index (χ2v) is 9.78. The summed E-state index contributed by atoms with van der Waals surface area (Å²) < 4.78 is 31.8. The number of sulfonamides is 1. The van der Waals surface area contributed by atoms with Gasteiger partial charge < -0.3 is 10.1 Å². The van der Waals surface area contributed by atoms with Gasteiger partial charge in [0.25, 0.3) is 5.91 Å². The predicted octanol–water partition coefficient (Wildman–Crippen LogP) is 3.05. The average molecular weight is 441 g/mol. The molecule has 1 fully saturated rings. The molecule has 3 rings (SSSR count). The number of thioether (sulfide) groups is 1. The van der Waals surface area contributed by atoms with E-state index >= 15 is 0 Å². The summed E-state index contributed by atoms with van der Waals surface area (Å²) in [6.45, 7) is 0.401. The summed E-state index contributed by atoms with van der Waals surface area (Å²) in [6.07, 6.45) is 3.54. The van der Waals surface area contributed by atoms with E-state index in [1.807, 2.05) is 24.5 Å². The van der Waals surface area contributed by atoms with Gasteiger partial charge in [0.05, 0.1) is 0 Å². The Balaban J connectivity index is 1.62. The Labute approximate surface area is 172 Å². The van der Waals surface area contributed by atoms with E-state index in [0.29, 0.717) is 18.8 Å². The standard InChI is InChI=1S/C18H20N2O5S3/c1-26-14-6-4-5-13(11-14)19-16(21)12-25-18(22)17-15(7-10-27-17)28(23,24)20-8-2-3-9-20/h4-7,10-11H,2-3,8-9,12H2,1H3,(H,19,21). The molecule has 0 radical (unpaired) electrons. The van der Waals surface area contributed by atoms with E-state index in [9.17, 15) is 18.0 Å². The van der Waals surface area contributed by atoms with Gasteiger partial charge in [-0.25, -0.2) is 13.2 Å². The summed E-state index contributed by atoms with van der Waals surface area (Å²) in [5.41, 5.74) is 0.598. The lowest BCUT2D eigenvalue weighted by molar-refractivity contribution is -0.119. The number of amides is 1. The number of nitrogens with zero attached hydrogens (tertiary/aromatic N) is 1. The molecule has 1 N–H and O–H groups in total. The molecule has 28 heavy (non-hydrogen) atoms. The maximum Gasteiger partial charge on any atom is 0.350 e. The van der Waals surface area contributed by atoms with Crippen LogP contribution in [0.15, 0.2) is 45.5 Å². The molecule has 1 saturated heterocycles. The fourth-order valence-corrected chi connectivity index (χ4v) is 6.07. The number of anilines is 1. The Morgan fingerprint density at radius 3 is 2.71 bits per heavy atom. The molecule has 1 aromatic carbocycles. The lowest BCUT2D eigenvalue weighted by Gasteiger charge is -2.15. The van der Waals surface area contributed by atoms with E-state index in [0.717, 1.165) is 29.1 Å². The van der Waals surface area contributed by atoms with Gasteiger partial charge >= 0.3 is 5.97 Å². The van der Waals surface area contributed by atoms with Crippen LogP contribution >= 0.6 is 23.1 Å². The number of esters is 1. The lowest BCUT2D eigenvalue weighted by atomic mass is 10.3. The van der Waals surface area contributed by atoms with Crippen LogP contribution in [-0.2, 0) is 19.6 Å². The maximum absolute atomic E-state index is 12.7. The molecule has 1 amide bonds. The Bertz CT molecular complexity index is 965. The molecule has 2 aromatic rings. The largest absolute Gasteiger partial charge is 0.451 e. The van der Waals surface area contributed by atoms with Gasteiger partial charge in [0.1, 0.15) is 9.77 Å². The first kappa shape index (κ1) is 20.8. The summed E-state index contributed by atoms with van der Waals surface area (Å²) in [7, 11) is -3.73. The van der Waals surface area contributed by atoms with Crippen molar-refractivity contribution in [3.8, 4) is 0 Å². The fraction of sp³-hybridized carbons (Fsp3) is 0.333. The van der Waals surface area contributed by atoms with Crippen molar-refractivity contribution in [2.45, 2.75) is 22.6 Å². The highest BCUT2D eigenvalue weighted by Gasteiger charge is 2.32. The Hall–Kier alpha value is -1.88. The first-order valence-corrected chi connectivity index (χ1v) is 12.1. The second-order valence-electron chi connectivity index (χ2n) is 6.08. The molecule has 150 valence electrons. The number of thiophene rings is 1. The topological polar surface area (TPSA) is 92.8 Å². The third-order valence-corrected chi connectivity index (χ3v) is 7.88. The Kier molecular flexibility index (Phi) is 6.76. The molecule has 1 aromatic heterocycles. The molecule has 2 heterocycles. The van der Waals surface area contributed by atoms with Gasteiger partial charge in [0.2, 0.25) is 10.0 Å². The van der Waals surface area contributed by atoms with Gasteiger partial charge in [0.15, 0.2) is 6.61 Å². The van der Waals surface area contributed by atoms with E-state index < -0.39 is 28.5 Å². The zero-order chi connectivity index (χ0) is 20.1. The molecule has 7 nitrogen and oxygen atoms in total. The van der Waals surface area contributed by atoms with Crippen molar-refractivity contribution >= 4 is 50.7 Å². The first-order valence-electron chi connectivity index (χ1n) is 8.60. The van der Waals surface area contributed by atoms with Crippen LogP contribution in [0.5, 0.6) is 0 Å². The van der Waals surface area contributed by atoms with Crippen molar-refractivity contribution in [3.63, 3.8) is 0 Å². The normalized spacial score (nSPS) is 14.8. The molecule has 1 aliphatic heterocycles. The number of nitrogens with one attached hydrogen (secondary N) is 1. The number of benzene rings is 1. The zero-order valence-corrected chi connectivity index (χ0v) is 17.7. The molecule has 0 aliphatic carbocycles. The molecule has 0 atom stereocenters. The average Bonchev–Trinajstić information content (AvgIpc) is 3.38. The highest BCUT2D eigenvalue weighted by molar-refractivity contribution is 7.98. The minimum atomic E-state index is -3.73. The number of ether oxygens (including phenoxy) is 1. The van der Waals surface area contributed by atoms with E-state index in [1.54, 1.807) is 17.8 Å². The van der Waals surface area contributed by atoms with Crippen LogP contribution in [-0.4, -0.2) is 50.6 Å². The molecule has 0 spiro atoms. The van der Waals surface area contributed by atoms with Crippen molar-refractivity contribution in [3.05, 3.63) is 40.6 Å². The number of hydrogen-bond donors (Lipinski definition) is 1. The monoisotopic (exact) mass is 440 g/mol. The minimum absolute atomic E-state index is 0.0101. The van der Waals surface area contributed by atoms with E-state index in [-0.39, 0.29) is 9.77 Å². The van der Waals surface area contributed by atoms with E-state index in [4.69, 9.17) is 4.74 Å². The number of rotatable bonds is 7. The molecule has 0 saturated carbocycles. The summed E-state index contributed by atoms with van der Waals surface area (Å²) in [5, 5.41) is 4.19. The third-order valence-electron chi connectivity index (χ3n) is 4.19. The van der Waals surface area contributed by atoms with Gasteiger partial charge in [-0.2, -0.15) is 4.31 Å². The van der Waals surface area contributed by atoms with Crippen molar-refractivity contribution in [1.29, 1.82) is 0 Å². The van der Waals surface area contributed by atoms with Crippen molar-refractivity contribution in [1.82, 2.24) is 4.31 Å². The molecule has 10 heteroatoms. The second kappa shape index (κ2) is 9.08. The van der Waals surface area contributed by atoms with Crippen LogP contribution in [0.1, 0.15) is 22.5 Å². The smallest absolute Gasteiger partial charge is 0.350 e. The number of hydrogen-bond acceptors (Lipinski definition) is 7. The minimum Gasteiger partial charge on any atom is -0.451 e. The first-order chi connectivity index (χ1) is 13.4. The zero-order valence-electron chi connectivity index (χ0n) is 15.2. The van der Waals surface area contributed by atoms with Crippen LogP contribution in [0.2, 0.25) is 0 Å². The van der Waals surface area contributed by atoms with Gasteiger partial charge in [-0.05, 0) is 48.7 Å². The SMILES string of the molecule is CSc1cccc(NC(=O)COC(=O)c2sccc2S(=O)(=O)N2CCCC2)c1. The molecule has 0 unspecified atom stereocenters. The summed E-state index contributed by atoms with van der Waals surface area (Å²) in [6, 6.07) is 8.68. The lowest BCUT2D eigenvalue weighted by Crippen LogP contribution is -2.29. The Morgan fingerprint density at radius 2 is 2.00 bits per heavy atom. The van der Waals surface area contributed by atoms with Crippen molar-refractivity contribution in [2.75, 3.05) is 31.3 Å². The predicted molar refractivity (Wildman–Crippen MR) is 109 cm³/mol. The molecular formula is C18H20N2O5S3. The molecule has 0 bridgehead atoms. The van der Waals surface area contributed by atoms with Crippen LogP contribution in [0, 0.1) is 0 Å². The Morgan fingerprint density at radius 1 is 1.25 bits per heavy atom. The molecule has 1 aliphatic rings. The van der Waals surface area contributed by atoms with E-state index in [1.165, 1.54) is 15.8 Å². The van der Waals surface area contributed by atoms with Crippen LogP contribution in [0.3, 0.4) is 0 Å². The summed E-state index contributed by atoms with van der Waals surface area (Å²) >= 11 is 2.53. The quantitative estimate of drug-likeness (QED) is 0.525. The summed E-state index contributed by atoms with van der Waals surface area (Å²) in [4.78, 5) is 25.3. The van der Waals surface area contributed by atoms with Gasteiger partial charge in [-0.15, -0.1) is 23.1 Å². The highest BCUT2D eigenvalue weighted by atomic mass is 32.2. The fourth-order valence-electron chi connectivity index (χ4n) is 2.81. The number of carbonyl (C=O) groups excluding carboxylic acids is 2. The number of carbonyl (C=O) groups is 2. The van der Waals surface area contributed by atoms with E-state index in [2.05, 4.69) is 5.32 Å². The summed E-state index contributed by atoms with van der Waals surface area (Å²) in [5.74, 6) is -1.31. The maximum atomic E-state index is 12.7. The third kappa shape index (κ3) is 4.75. The van der Waals surface area contributed by atoms with Crippen LogP contribution in [0.4, 0.5) is 5.69 Å². The van der Waals surface area contributed by atoms with Crippen molar-refractivity contribution in [2.24, 2.45) is 0 Å².